The zero-order valence-corrected chi connectivity index (χ0v) is 12.3. The molecule has 0 aliphatic carbocycles. The van der Waals surface area contributed by atoms with Crippen LogP contribution in [0, 0.1) is 20.2 Å². The third kappa shape index (κ3) is 4.30. The van der Waals surface area contributed by atoms with Crippen LogP contribution in [0.25, 0.3) is 0 Å². The van der Waals surface area contributed by atoms with Crippen LogP contribution < -0.4 is 5.32 Å². The molecule has 2 aromatic carbocycles. The highest BCUT2D eigenvalue weighted by molar-refractivity contribution is 5.62. The molecule has 0 unspecified atom stereocenters. The molecule has 124 valence electrons. The number of aliphatic hydroxyl groups excluding tert-OH is 1. The monoisotopic (exact) mass is 331 g/mol. The van der Waals surface area contributed by atoms with Gasteiger partial charge in [-0.2, -0.15) is 5.11 Å². The Morgan fingerprint density at radius 3 is 2.29 bits per heavy atom. The number of nitro groups is 2. The third-order valence-electron chi connectivity index (χ3n) is 2.95. The van der Waals surface area contributed by atoms with E-state index in [1.165, 1.54) is 6.07 Å². The summed E-state index contributed by atoms with van der Waals surface area (Å²) in [6.45, 7) is 0.418. The van der Waals surface area contributed by atoms with Gasteiger partial charge >= 0.3 is 5.69 Å². The van der Waals surface area contributed by atoms with Gasteiger partial charge in [0.1, 0.15) is 0 Å². The molecule has 0 radical (unpaired) electrons. The Kier molecular flexibility index (Phi) is 5.47. The Bertz CT molecular complexity index is 776. The lowest BCUT2D eigenvalue weighted by atomic mass is 10.2. The van der Waals surface area contributed by atoms with Crippen LogP contribution in [-0.2, 0) is 0 Å². The molecule has 10 nitrogen and oxygen atoms in total. The normalized spacial score (nSPS) is 10.7. The molecule has 24 heavy (non-hydrogen) atoms. The number of aliphatic hydroxyl groups is 1. The van der Waals surface area contributed by atoms with Gasteiger partial charge in [0.05, 0.1) is 28.2 Å². The second-order valence-electron chi connectivity index (χ2n) is 4.58. The van der Waals surface area contributed by atoms with Crippen LogP contribution in [0.5, 0.6) is 0 Å². The summed E-state index contributed by atoms with van der Waals surface area (Å²) in [4.78, 5) is 20.2. The van der Waals surface area contributed by atoms with E-state index >= 15 is 0 Å². The number of anilines is 1. The summed E-state index contributed by atoms with van der Waals surface area (Å²) in [7, 11) is 0. The second kappa shape index (κ2) is 7.74. The lowest BCUT2D eigenvalue weighted by Gasteiger charge is -2.03. The van der Waals surface area contributed by atoms with E-state index in [1.807, 2.05) is 0 Å². The molecule has 0 heterocycles. The van der Waals surface area contributed by atoms with Gasteiger partial charge in [0.25, 0.3) is 5.69 Å². The van der Waals surface area contributed by atoms with Crippen molar-refractivity contribution in [1.29, 1.82) is 0 Å². The lowest BCUT2D eigenvalue weighted by molar-refractivity contribution is -0.393. The number of benzene rings is 2. The molecular weight excluding hydrogens is 318 g/mol. The standard InChI is InChI=1S/C14H13N5O5/c20-8-7-15-10-1-3-11(4-2-10)16-17-13-6-5-12(18(21)22)9-14(13)19(23)24/h1-6,9,15,20H,7-8H2. The van der Waals surface area contributed by atoms with Crippen molar-refractivity contribution < 1.29 is 15.0 Å². The van der Waals surface area contributed by atoms with Crippen molar-refractivity contribution in [1.82, 2.24) is 0 Å². The molecule has 2 rings (SSSR count). The van der Waals surface area contributed by atoms with Crippen LogP contribution in [0.15, 0.2) is 52.7 Å². The summed E-state index contributed by atoms with van der Waals surface area (Å²) < 4.78 is 0. The van der Waals surface area contributed by atoms with Crippen molar-refractivity contribution in [2.24, 2.45) is 10.2 Å². The topological polar surface area (TPSA) is 143 Å². The van der Waals surface area contributed by atoms with Gasteiger partial charge in [-0.3, -0.25) is 20.2 Å². The van der Waals surface area contributed by atoms with Crippen LogP contribution in [0.4, 0.5) is 28.4 Å². The average Bonchev–Trinajstić information content (AvgIpc) is 2.58. The second-order valence-corrected chi connectivity index (χ2v) is 4.58. The minimum Gasteiger partial charge on any atom is -0.395 e. The Hall–Kier alpha value is -3.40. The van der Waals surface area contributed by atoms with Gasteiger partial charge in [-0.1, -0.05) is 0 Å². The van der Waals surface area contributed by atoms with E-state index in [-0.39, 0.29) is 18.0 Å². The number of rotatable bonds is 7. The number of hydrogen-bond donors (Lipinski definition) is 2. The Balaban J connectivity index is 2.22. The summed E-state index contributed by atoms with van der Waals surface area (Å²) in [5, 5.41) is 41.1. The molecule has 10 heteroatoms. The first kappa shape index (κ1) is 17.0. The Morgan fingerprint density at radius 1 is 1.00 bits per heavy atom. The molecule has 0 atom stereocenters. The van der Waals surface area contributed by atoms with Crippen LogP contribution in [0.1, 0.15) is 0 Å². The average molecular weight is 331 g/mol. The van der Waals surface area contributed by atoms with E-state index in [2.05, 4.69) is 15.5 Å². The fraction of sp³-hybridized carbons (Fsp3) is 0.143. The quantitative estimate of drug-likeness (QED) is 0.452. The first-order chi connectivity index (χ1) is 11.5. The summed E-state index contributed by atoms with van der Waals surface area (Å²) in [6, 6.07) is 9.86. The predicted molar refractivity (Wildman–Crippen MR) is 85.9 cm³/mol. The van der Waals surface area contributed by atoms with Crippen LogP contribution in [-0.4, -0.2) is 28.1 Å². The first-order valence-electron chi connectivity index (χ1n) is 6.80. The molecule has 0 saturated carbocycles. The maximum Gasteiger partial charge on any atom is 0.303 e. The SMILES string of the molecule is O=[N+]([O-])c1ccc(N=Nc2ccc(NCCO)cc2)c([N+](=O)[O-])c1. The van der Waals surface area contributed by atoms with E-state index in [9.17, 15) is 20.2 Å². The molecule has 0 bridgehead atoms. The van der Waals surface area contributed by atoms with Gasteiger partial charge in [0, 0.05) is 18.3 Å². The summed E-state index contributed by atoms with van der Waals surface area (Å²) in [5.41, 5.74) is 0.281. The number of nitrogens with zero attached hydrogens (tertiary/aromatic N) is 4. The van der Waals surface area contributed by atoms with Crippen molar-refractivity contribution in [3.8, 4) is 0 Å². The molecule has 2 aromatic rings. The number of non-ortho nitro benzene ring substituents is 1. The van der Waals surface area contributed by atoms with Crippen LogP contribution in [0.3, 0.4) is 0 Å². The number of hydrogen-bond acceptors (Lipinski definition) is 8. The van der Waals surface area contributed by atoms with E-state index < -0.39 is 15.5 Å². The van der Waals surface area contributed by atoms with Gasteiger partial charge in [-0.05, 0) is 30.3 Å². The van der Waals surface area contributed by atoms with Gasteiger partial charge < -0.3 is 10.4 Å². The molecule has 0 amide bonds. The predicted octanol–water partition coefficient (Wildman–Crippen LogP) is 3.32. The van der Waals surface area contributed by atoms with Crippen molar-refractivity contribution in [3.63, 3.8) is 0 Å². The van der Waals surface area contributed by atoms with Gasteiger partial charge in [-0.25, -0.2) is 0 Å². The largest absolute Gasteiger partial charge is 0.395 e. The van der Waals surface area contributed by atoms with Crippen molar-refractivity contribution >= 4 is 28.4 Å². The van der Waals surface area contributed by atoms with Crippen LogP contribution in [0.2, 0.25) is 0 Å². The molecule has 0 aromatic heterocycles. The van der Waals surface area contributed by atoms with Crippen LogP contribution >= 0.6 is 0 Å². The highest BCUT2D eigenvalue weighted by Crippen LogP contribution is 2.32. The highest BCUT2D eigenvalue weighted by atomic mass is 16.6. The fourth-order valence-electron chi connectivity index (χ4n) is 1.81. The fourth-order valence-corrected chi connectivity index (χ4v) is 1.81. The minimum atomic E-state index is -0.747. The van der Waals surface area contributed by atoms with Crippen molar-refractivity contribution in [3.05, 3.63) is 62.7 Å². The van der Waals surface area contributed by atoms with Gasteiger partial charge in [-0.15, -0.1) is 5.11 Å². The lowest BCUT2D eigenvalue weighted by Crippen LogP contribution is -2.04. The zero-order valence-electron chi connectivity index (χ0n) is 12.3. The zero-order chi connectivity index (χ0) is 17.5. The first-order valence-corrected chi connectivity index (χ1v) is 6.80. The molecule has 0 aliphatic rings. The Labute approximate surface area is 135 Å². The van der Waals surface area contributed by atoms with E-state index in [0.717, 1.165) is 17.8 Å². The number of nitrogens with one attached hydrogen (secondary N) is 1. The molecule has 2 N–H and O–H groups in total. The van der Waals surface area contributed by atoms with Gasteiger partial charge in [0.2, 0.25) is 0 Å². The van der Waals surface area contributed by atoms with E-state index in [0.29, 0.717) is 12.2 Å². The molecule has 0 saturated heterocycles. The van der Waals surface area contributed by atoms with E-state index in [1.54, 1.807) is 24.3 Å². The minimum absolute atomic E-state index is 0.00523. The maximum absolute atomic E-state index is 11.0. The van der Waals surface area contributed by atoms with Gasteiger partial charge in [0.15, 0.2) is 5.69 Å². The third-order valence-corrected chi connectivity index (χ3v) is 2.95. The molecule has 0 spiro atoms. The van der Waals surface area contributed by atoms with E-state index in [4.69, 9.17) is 5.11 Å². The molecule has 0 aliphatic heterocycles. The number of azo groups is 1. The Morgan fingerprint density at radius 2 is 1.71 bits per heavy atom. The molecule has 0 fully saturated rings. The summed E-state index contributed by atoms with van der Waals surface area (Å²) in [5.74, 6) is 0. The highest BCUT2D eigenvalue weighted by Gasteiger charge is 2.19. The number of nitro benzene ring substituents is 2. The molecular formula is C14H13N5O5. The summed E-state index contributed by atoms with van der Waals surface area (Å²) >= 11 is 0. The van der Waals surface area contributed by atoms with Crippen molar-refractivity contribution in [2.45, 2.75) is 0 Å². The van der Waals surface area contributed by atoms with Crippen molar-refractivity contribution in [2.75, 3.05) is 18.5 Å². The maximum atomic E-state index is 11.0. The summed E-state index contributed by atoms with van der Waals surface area (Å²) in [6.07, 6.45) is 0. The smallest absolute Gasteiger partial charge is 0.303 e.